The number of carboxylic acids is 1. The van der Waals surface area contributed by atoms with Gasteiger partial charge in [-0.15, -0.1) is 0 Å². The van der Waals surface area contributed by atoms with E-state index in [1.807, 2.05) is 0 Å². The van der Waals surface area contributed by atoms with Gasteiger partial charge in [-0.1, -0.05) is 31.2 Å². The highest BCUT2D eigenvalue weighted by molar-refractivity contribution is 6.31. The minimum Gasteiger partial charge on any atom is -0.478 e. The lowest BCUT2D eigenvalue weighted by atomic mass is 9.82. The summed E-state index contributed by atoms with van der Waals surface area (Å²) in [5.41, 5.74) is 2.64. The molecule has 0 aromatic heterocycles. The number of anilines is 1. The van der Waals surface area contributed by atoms with Gasteiger partial charge >= 0.3 is 5.97 Å². The first-order chi connectivity index (χ1) is 12.5. The summed E-state index contributed by atoms with van der Waals surface area (Å²) in [6, 6.07) is 8.90. The smallest absolute Gasteiger partial charge is 0.337 e. The summed E-state index contributed by atoms with van der Waals surface area (Å²) in [7, 11) is 0. The number of carboxylic acid groups (broad SMARTS) is 1. The molecule has 2 aromatic rings. The largest absolute Gasteiger partial charge is 0.478 e. The highest BCUT2D eigenvalue weighted by Gasteiger charge is 2.33. The number of Topliss-reactive ketones (excluding diaryl/α,β-unsaturated/α-hetero) is 1. The van der Waals surface area contributed by atoms with Gasteiger partial charge in [0.1, 0.15) is 0 Å². The predicted octanol–water partition coefficient (Wildman–Crippen LogP) is 2.54. The van der Waals surface area contributed by atoms with Crippen molar-refractivity contribution in [3.05, 3.63) is 64.2 Å². The van der Waals surface area contributed by atoms with Gasteiger partial charge < -0.3 is 5.11 Å². The van der Waals surface area contributed by atoms with E-state index in [0.717, 1.165) is 6.21 Å². The fourth-order valence-electron chi connectivity index (χ4n) is 2.74. The number of nitrogens with zero attached hydrogens (tertiary/aromatic N) is 1. The second-order valence-corrected chi connectivity index (χ2v) is 5.61. The maximum absolute atomic E-state index is 12.9. The number of hydrogen-bond acceptors (Lipinski definition) is 6. The molecule has 2 aromatic carbocycles. The average Bonchev–Trinajstić information content (AvgIpc) is 2.65. The van der Waals surface area contributed by atoms with Crippen LogP contribution in [0, 0.1) is 0 Å². The van der Waals surface area contributed by atoms with Gasteiger partial charge in [0.05, 0.1) is 23.0 Å². The zero-order chi connectivity index (χ0) is 18.8. The maximum Gasteiger partial charge on any atom is 0.337 e. The molecule has 3 rings (SSSR count). The molecule has 0 radical (unpaired) electrons. The monoisotopic (exact) mass is 350 g/mol. The van der Waals surface area contributed by atoms with Crippen LogP contribution in [0.2, 0.25) is 0 Å². The molecule has 0 unspecified atom stereocenters. The Morgan fingerprint density at radius 2 is 1.69 bits per heavy atom. The Labute approximate surface area is 148 Å². The number of rotatable bonds is 5. The second-order valence-electron chi connectivity index (χ2n) is 5.61. The number of aromatic carboxylic acids is 1. The summed E-state index contributed by atoms with van der Waals surface area (Å²) in [5, 5.41) is 13.1. The van der Waals surface area contributed by atoms with E-state index in [-0.39, 0.29) is 51.5 Å². The predicted molar refractivity (Wildman–Crippen MR) is 94.1 cm³/mol. The van der Waals surface area contributed by atoms with Crippen molar-refractivity contribution in [3.63, 3.8) is 0 Å². The first-order valence-electron chi connectivity index (χ1n) is 7.86. The standard InChI is InChI=1S/C19H14N2O5/c1-2-10(22)9-20-21-16-14(19(25)26)8-7-13-15(16)18(24)12-6-4-3-5-11(12)17(13)23/h3-9,21H,2H2,1H3,(H,25,26). The van der Waals surface area contributed by atoms with E-state index in [9.17, 15) is 24.3 Å². The van der Waals surface area contributed by atoms with Gasteiger partial charge in [-0.2, -0.15) is 5.10 Å². The minimum atomic E-state index is -1.29. The molecule has 26 heavy (non-hydrogen) atoms. The van der Waals surface area contributed by atoms with Crippen LogP contribution in [0.15, 0.2) is 41.5 Å². The second kappa shape index (κ2) is 6.72. The Balaban J connectivity index is 2.19. The van der Waals surface area contributed by atoms with Gasteiger partial charge in [0.2, 0.25) is 0 Å². The summed E-state index contributed by atoms with van der Waals surface area (Å²) in [5.74, 6) is -2.40. The van der Waals surface area contributed by atoms with Crippen molar-refractivity contribution in [2.45, 2.75) is 13.3 Å². The van der Waals surface area contributed by atoms with E-state index in [1.54, 1.807) is 25.1 Å². The van der Waals surface area contributed by atoms with Crippen LogP contribution in [-0.4, -0.2) is 34.6 Å². The van der Waals surface area contributed by atoms with Gasteiger partial charge in [0.15, 0.2) is 17.3 Å². The summed E-state index contributed by atoms with van der Waals surface area (Å²) in [6.07, 6.45) is 1.24. The van der Waals surface area contributed by atoms with Crippen molar-refractivity contribution in [1.82, 2.24) is 0 Å². The van der Waals surface area contributed by atoms with E-state index in [0.29, 0.717) is 0 Å². The lowest BCUT2D eigenvalue weighted by Crippen LogP contribution is -2.23. The molecular weight excluding hydrogens is 336 g/mol. The molecule has 7 nitrogen and oxygen atoms in total. The Kier molecular flexibility index (Phi) is 4.45. The molecule has 0 aliphatic heterocycles. The van der Waals surface area contributed by atoms with Crippen molar-refractivity contribution in [2.24, 2.45) is 5.10 Å². The Hall–Kier alpha value is -3.61. The molecule has 0 saturated carbocycles. The number of hydrazone groups is 1. The molecular formula is C19H14N2O5. The quantitative estimate of drug-likeness (QED) is 0.540. The molecule has 7 heteroatoms. The molecule has 1 aliphatic carbocycles. The zero-order valence-electron chi connectivity index (χ0n) is 13.8. The lowest BCUT2D eigenvalue weighted by Gasteiger charge is -2.21. The van der Waals surface area contributed by atoms with Crippen molar-refractivity contribution < 1.29 is 24.3 Å². The molecule has 130 valence electrons. The Morgan fingerprint density at radius 3 is 2.31 bits per heavy atom. The highest BCUT2D eigenvalue weighted by atomic mass is 16.4. The number of nitrogens with one attached hydrogen (secondary N) is 1. The van der Waals surface area contributed by atoms with Crippen molar-refractivity contribution in [1.29, 1.82) is 0 Å². The van der Waals surface area contributed by atoms with Gasteiger partial charge in [-0.25, -0.2) is 4.79 Å². The lowest BCUT2D eigenvalue weighted by molar-refractivity contribution is -0.112. The van der Waals surface area contributed by atoms with E-state index in [4.69, 9.17) is 0 Å². The van der Waals surface area contributed by atoms with E-state index in [2.05, 4.69) is 10.5 Å². The molecule has 0 amide bonds. The van der Waals surface area contributed by atoms with E-state index < -0.39 is 11.8 Å². The third kappa shape index (κ3) is 2.79. The Bertz CT molecular complexity index is 991. The SMILES string of the molecule is CCC(=O)C=NNc1c(C(=O)O)ccc2c1C(=O)c1ccccc1C2=O. The van der Waals surface area contributed by atoms with Gasteiger partial charge in [-0.3, -0.25) is 19.8 Å². The number of carbonyl (C=O) groups excluding carboxylic acids is 3. The molecule has 0 fully saturated rings. The van der Waals surface area contributed by atoms with Crippen LogP contribution < -0.4 is 5.43 Å². The first-order valence-corrected chi connectivity index (χ1v) is 7.86. The first kappa shape index (κ1) is 17.2. The average molecular weight is 350 g/mol. The van der Waals surface area contributed by atoms with Crippen LogP contribution >= 0.6 is 0 Å². The number of hydrogen-bond donors (Lipinski definition) is 2. The molecule has 2 N–H and O–H groups in total. The third-order valence-corrected chi connectivity index (χ3v) is 4.06. The maximum atomic E-state index is 12.9. The minimum absolute atomic E-state index is 0.0605. The van der Waals surface area contributed by atoms with Crippen LogP contribution in [-0.2, 0) is 4.79 Å². The highest BCUT2D eigenvalue weighted by Crippen LogP contribution is 2.34. The Morgan fingerprint density at radius 1 is 1.04 bits per heavy atom. The number of fused-ring (bicyclic) bond motifs is 2. The van der Waals surface area contributed by atoms with Crippen molar-refractivity contribution in [3.8, 4) is 0 Å². The third-order valence-electron chi connectivity index (χ3n) is 4.06. The van der Waals surface area contributed by atoms with Crippen LogP contribution in [0.4, 0.5) is 5.69 Å². The van der Waals surface area contributed by atoms with Crippen LogP contribution in [0.1, 0.15) is 55.5 Å². The number of carbonyl (C=O) groups is 4. The van der Waals surface area contributed by atoms with Gasteiger partial charge in [0, 0.05) is 23.1 Å². The fraction of sp³-hybridized carbons (Fsp3) is 0.105. The molecule has 0 atom stereocenters. The molecule has 1 aliphatic rings. The molecule has 0 heterocycles. The van der Waals surface area contributed by atoms with Crippen molar-refractivity contribution in [2.75, 3.05) is 5.43 Å². The zero-order valence-corrected chi connectivity index (χ0v) is 13.8. The molecule has 0 saturated heterocycles. The van der Waals surface area contributed by atoms with Crippen LogP contribution in [0.25, 0.3) is 0 Å². The van der Waals surface area contributed by atoms with Crippen molar-refractivity contribution >= 4 is 35.2 Å². The summed E-state index contributed by atoms with van der Waals surface area (Å²) >= 11 is 0. The summed E-state index contributed by atoms with van der Waals surface area (Å²) < 4.78 is 0. The normalized spacial score (nSPS) is 12.7. The summed E-state index contributed by atoms with van der Waals surface area (Å²) in [6.45, 7) is 1.65. The van der Waals surface area contributed by atoms with Crippen LogP contribution in [0.3, 0.4) is 0 Å². The van der Waals surface area contributed by atoms with E-state index in [1.165, 1.54) is 18.2 Å². The number of benzene rings is 2. The molecule has 0 spiro atoms. The molecule has 0 bridgehead atoms. The van der Waals surface area contributed by atoms with Gasteiger partial charge in [-0.05, 0) is 12.1 Å². The van der Waals surface area contributed by atoms with Crippen LogP contribution in [0.5, 0.6) is 0 Å². The van der Waals surface area contributed by atoms with Gasteiger partial charge in [0.25, 0.3) is 0 Å². The number of ketones is 3. The fourth-order valence-corrected chi connectivity index (χ4v) is 2.74. The summed E-state index contributed by atoms with van der Waals surface area (Å²) in [4.78, 5) is 48.5. The van der Waals surface area contributed by atoms with E-state index >= 15 is 0 Å². The topological polar surface area (TPSA) is 113 Å².